The van der Waals surface area contributed by atoms with Crippen LogP contribution in [0.1, 0.15) is 10.4 Å². The largest absolute Gasteiger partial charge is 0.504 e. The smallest absolute Gasteiger partial charge is 0.338 e. The van der Waals surface area contributed by atoms with Crippen LogP contribution in [-0.4, -0.2) is 112 Å². The zero-order valence-electron chi connectivity index (χ0n) is 19.1. The summed E-state index contributed by atoms with van der Waals surface area (Å²) in [6, 6.07) is 4.02. The van der Waals surface area contributed by atoms with Crippen LogP contribution >= 0.6 is 0 Å². The highest BCUT2D eigenvalue weighted by atomic mass is 16.8. The Morgan fingerprint density at radius 1 is 1.11 bits per heavy atom. The summed E-state index contributed by atoms with van der Waals surface area (Å²) in [5.41, 5.74) is -1.03. The summed E-state index contributed by atoms with van der Waals surface area (Å²) in [6.07, 6.45) is -7.19. The number of hydrogen-bond acceptors (Lipinski definition) is 13. The standard InChI is InChI=1S/C23H28O13/c1-31-12-6-9(2-3-11(12)26)20(30)34-18-10-4-5-32-21(14(10)23(8-25)19(18)36-23)35-22-17(29)16(28)15(27)13(7-24)33-22/h2-6,10,13-19,21-22,24-29H,7-8H2,1H3/t10-,13-,14-,15-,16+,17-,18+,19+,21+,22+,23-/m0/s1. The average molecular weight is 512 g/mol. The summed E-state index contributed by atoms with van der Waals surface area (Å²) < 4.78 is 33.4. The van der Waals surface area contributed by atoms with E-state index < -0.39 is 85.8 Å². The number of benzene rings is 1. The van der Waals surface area contributed by atoms with Gasteiger partial charge in [0.1, 0.15) is 42.2 Å². The average Bonchev–Trinajstić information content (AvgIpc) is 3.56. The molecule has 36 heavy (non-hydrogen) atoms. The number of aromatic hydroxyl groups is 1. The van der Waals surface area contributed by atoms with Crippen molar-refractivity contribution in [3.05, 3.63) is 36.1 Å². The van der Waals surface area contributed by atoms with Crippen LogP contribution in [0.4, 0.5) is 0 Å². The normalized spacial score (nSPS) is 42.7. The number of ether oxygens (including phenoxy) is 6. The minimum absolute atomic E-state index is 0.0973. The van der Waals surface area contributed by atoms with Crippen molar-refractivity contribution in [2.45, 2.75) is 54.8 Å². The summed E-state index contributed by atoms with van der Waals surface area (Å²) in [5, 5.41) is 59.8. The Morgan fingerprint density at radius 3 is 2.58 bits per heavy atom. The van der Waals surface area contributed by atoms with Gasteiger partial charge in [-0.05, 0) is 24.3 Å². The molecule has 1 aliphatic carbocycles. The number of rotatable bonds is 7. The molecule has 13 heteroatoms. The topological polar surface area (TPSA) is 197 Å². The van der Waals surface area contributed by atoms with Gasteiger partial charge in [0.25, 0.3) is 0 Å². The van der Waals surface area contributed by atoms with E-state index in [0.717, 1.165) is 0 Å². The number of methoxy groups -OCH3 is 1. The van der Waals surface area contributed by atoms with Gasteiger partial charge in [-0.1, -0.05) is 0 Å². The number of carbonyl (C=O) groups excluding carboxylic acids is 1. The fourth-order valence-corrected chi connectivity index (χ4v) is 5.28. The van der Waals surface area contributed by atoms with Gasteiger partial charge < -0.3 is 59.1 Å². The maximum atomic E-state index is 12.9. The van der Waals surface area contributed by atoms with Gasteiger partial charge in [0, 0.05) is 5.92 Å². The van der Waals surface area contributed by atoms with Crippen LogP contribution in [0, 0.1) is 11.8 Å². The summed E-state index contributed by atoms with van der Waals surface area (Å²) in [7, 11) is 1.35. The number of aliphatic hydroxyl groups excluding tert-OH is 5. The molecule has 1 aromatic carbocycles. The minimum atomic E-state index is -1.66. The van der Waals surface area contributed by atoms with E-state index >= 15 is 0 Å². The molecule has 2 saturated heterocycles. The molecular formula is C23H28O13. The second-order valence-electron chi connectivity index (χ2n) is 9.18. The van der Waals surface area contributed by atoms with Crippen LogP contribution in [0.2, 0.25) is 0 Å². The number of epoxide rings is 1. The summed E-state index contributed by atoms with van der Waals surface area (Å²) in [5.74, 6) is -1.95. The summed E-state index contributed by atoms with van der Waals surface area (Å²) >= 11 is 0. The maximum absolute atomic E-state index is 12.9. The molecule has 4 aliphatic rings. The lowest BCUT2D eigenvalue weighted by atomic mass is 9.85. The molecule has 13 nitrogen and oxygen atoms in total. The molecule has 0 aromatic heterocycles. The number of aliphatic hydroxyl groups is 5. The predicted molar refractivity (Wildman–Crippen MR) is 114 cm³/mol. The third-order valence-corrected chi connectivity index (χ3v) is 7.26. The van der Waals surface area contributed by atoms with E-state index in [2.05, 4.69) is 0 Å². The van der Waals surface area contributed by atoms with Crippen LogP contribution in [-0.2, 0) is 23.7 Å². The van der Waals surface area contributed by atoms with Crippen molar-refractivity contribution in [3.8, 4) is 11.5 Å². The Bertz CT molecular complexity index is 1010. The Balaban J connectivity index is 1.35. The fourth-order valence-electron chi connectivity index (χ4n) is 5.28. The van der Waals surface area contributed by atoms with E-state index in [4.69, 9.17) is 28.4 Å². The molecule has 198 valence electrons. The highest BCUT2D eigenvalue weighted by Gasteiger charge is 2.77. The molecule has 1 saturated carbocycles. The Hall–Kier alpha value is -2.49. The Morgan fingerprint density at radius 2 is 1.89 bits per heavy atom. The molecule has 0 radical (unpaired) electrons. The van der Waals surface area contributed by atoms with Crippen LogP contribution in [0.15, 0.2) is 30.5 Å². The maximum Gasteiger partial charge on any atom is 0.338 e. The lowest BCUT2D eigenvalue weighted by molar-refractivity contribution is -0.344. The summed E-state index contributed by atoms with van der Waals surface area (Å²) in [6.45, 7) is -1.07. The molecule has 0 unspecified atom stereocenters. The molecule has 0 bridgehead atoms. The second-order valence-corrected chi connectivity index (χ2v) is 9.18. The molecule has 0 amide bonds. The zero-order chi connectivity index (χ0) is 25.8. The molecule has 5 rings (SSSR count). The second kappa shape index (κ2) is 9.43. The van der Waals surface area contributed by atoms with E-state index in [9.17, 15) is 35.4 Å². The molecule has 11 atom stereocenters. The lowest BCUT2D eigenvalue weighted by Gasteiger charge is -2.43. The Kier molecular flexibility index (Phi) is 6.59. The minimum Gasteiger partial charge on any atom is -0.504 e. The highest BCUT2D eigenvalue weighted by Crippen LogP contribution is 2.60. The van der Waals surface area contributed by atoms with Crippen molar-refractivity contribution in [2.75, 3.05) is 20.3 Å². The first-order chi connectivity index (χ1) is 17.2. The van der Waals surface area contributed by atoms with Gasteiger partial charge >= 0.3 is 5.97 Å². The van der Waals surface area contributed by atoms with E-state index in [0.29, 0.717) is 0 Å². The molecule has 1 aromatic rings. The van der Waals surface area contributed by atoms with Crippen molar-refractivity contribution < 1.29 is 63.9 Å². The third-order valence-electron chi connectivity index (χ3n) is 7.26. The number of phenols is 1. The molecule has 3 aliphatic heterocycles. The third kappa shape index (κ3) is 3.92. The van der Waals surface area contributed by atoms with E-state index in [1.807, 2.05) is 0 Å². The van der Waals surface area contributed by atoms with E-state index in [1.54, 1.807) is 6.08 Å². The number of esters is 1. The van der Waals surface area contributed by atoms with Gasteiger partial charge in [0.2, 0.25) is 6.29 Å². The number of phenolic OH excluding ortho intramolecular Hbond substituents is 1. The molecular weight excluding hydrogens is 484 g/mol. The predicted octanol–water partition coefficient (Wildman–Crippen LogP) is -2.01. The van der Waals surface area contributed by atoms with Gasteiger partial charge in [-0.3, -0.25) is 0 Å². The van der Waals surface area contributed by atoms with Crippen molar-refractivity contribution in [1.82, 2.24) is 0 Å². The van der Waals surface area contributed by atoms with Crippen LogP contribution in [0.5, 0.6) is 11.5 Å². The van der Waals surface area contributed by atoms with Gasteiger partial charge in [-0.25, -0.2) is 4.79 Å². The van der Waals surface area contributed by atoms with Gasteiger partial charge in [0.05, 0.1) is 38.1 Å². The van der Waals surface area contributed by atoms with Gasteiger partial charge in [-0.15, -0.1) is 0 Å². The van der Waals surface area contributed by atoms with Crippen molar-refractivity contribution >= 4 is 5.97 Å². The Labute approximate surface area is 205 Å². The first-order valence-electron chi connectivity index (χ1n) is 11.4. The fraction of sp³-hybridized carbons (Fsp3) is 0.609. The first kappa shape index (κ1) is 25.2. The summed E-state index contributed by atoms with van der Waals surface area (Å²) in [4.78, 5) is 12.9. The van der Waals surface area contributed by atoms with E-state index in [-0.39, 0.29) is 17.1 Å². The zero-order valence-corrected chi connectivity index (χ0v) is 19.1. The highest BCUT2D eigenvalue weighted by molar-refractivity contribution is 5.90. The molecule has 3 fully saturated rings. The lowest BCUT2D eigenvalue weighted by Crippen LogP contribution is -2.60. The van der Waals surface area contributed by atoms with Crippen LogP contribution in [0.3, 0.4) is 0 Å². The monoisotopic (exact) mass is 512 g/mol. The number of carbonyl (C=O) groups is 1. The molecule has 3 heterocycles. The number of fused-ring (bicyclic) bond motifs is 3. The molecule has 0 spiro atoms. The van der Waals surface area contributed by atoms with Crippen molar-refractivity contribution in [2.24, 2.45) is 11.8 Å². The van der Waals surface area contributed by atoms with Gasteiger partial charge in [-0.2, -0.15) is 0 Å². The number of hydrogen-bond donors (Lipinski definition) is 6. The van der Waals surface area contributed by atoms with Crippen LogP contribution < -0.4 is 4.74 Å². The molecule has 6 N–H and O–H groups in total. The van der Waals surface area contributed by atoms with Crippen molar-refractivity contribution in [1.29, 1.82) is 0 Å². The van der Waals surface area contributed by atoms with E-state index in [1.165, 1.54) is 31.6 Å². The SMILES string of the molecule is COc1cc(C(=O)O[C@@H]2[C@H]3C=CO[C@H](O[C@H]4O[C@@H](CO)[C@H](O)[C@@H](O)[C@@H]4O)[C@H]3[C@]3(CO)O[C@H]23)ccc1O. The first-order valence-corrected chi connectivity index (χ1v) is 11.4. The van der Waals surface area contributed by atoms with Crippen molar-refractivity contribution in [3.63, 3.8) is 0 Å². The quantitative estimate of drug-likeness (QED) is 0.173. The van der Waals surface area contributed by atoms with Crippen LogP contribution in [0.25, 0.3) is 0 Å². The van der Waals surface area contributed by atoms with Gasteiger partial charge in [0.15, 0.2) is 17.8 Å².